The van der Waals surface area contributed by atoms with Crippen molar-refractivity contribution in [3.05, 3.63) is 42.2 Å². The maximum Gasteiger partial charge on any atom is 0.216 e. The number of ether oxygens (including phenoxy) is 1. The zero-order valence-electron chi connectivity index (χ0n) is 8.77. The lowest BCUT2D eigenvalue weighted by atomic mass is 10.1. The van der Waals surface area contributed by atoms with E-state index in [0.29, 0.717) is 11.7 Å². The summed E-state index contributed by atoms with van der Waals surface area (Å²) in [6.45, 7) is 1.86. The van der Waals surface area contributed by atoms with Crippen molar-refractivity contribution in [1.82, 2.24) is 9.97 Å². The second-order valence-corrected chi connectivity index (χ2v) is 3.21. The van der Waals surface area contributed by atoms with Crippen LogP contribution < -0.4 is 4.74 Å². The van der Waals surface area contributed by atoms with Crippen LogP contribution in [0.4, 0.5) is 0 Å². The fourth-order valence-electron chi connectivity index (χ4n) is 1.40. The third-order valence-electron chi connectivity index (χ3n) is 2.09. The third kappa shape index (κ3) is 2.13. The summed E-state index contributed by atoms with van der Waals surface area (Å²) >= 11 is 0. The number of methoxy groups -OCH3 is 1. The summed E-state index contributed by atoms with van der Waals surface area (Å²) in [4.78, 5) is 8.51. The molecule has 1 aromatic heterocycles. The van der Waals surface area contributed by atoms with E-state index in [1.165, 1.54) is 0 Å². The lowest BCUT2D eigenvalue weighted by Gasteiger charge is -2.04. The lowest BCUT2D eigenvalue weighted by molar-refractivity contribution is 0.396. The smallest absolute Gasteiger partial charge is 0.216 e. The Morgan fingerprint density at radius 3 is 2.47 bits per heavy atom. The monoisotopic (exact) mass is 200 g/mol. The van der Waals surface area contributed by atoms with Crippen molar-refractivity contribution in [2.24, 2.45) is 0 Å². The van der Waals surface area contributed by atoms with E-state index < -0.39 is 0 Å². The zero-order chi connectivity index (χ0) is 10.7. The van der Waals surface area contributed by atoms with Crippen LogP contribution >= 0.6 is 0 Å². The average molecular weight is 200 g/mol. The average Bonchev–Trinajstić information content (AvgIpc) is 2.29. The number of rotatable bonds is 2. The number of nitrogens with zero attached hydrogens (tertiary/aromatic N) is 2. The van der Waals surface area contributed by atoms with E-state index in [1.807, 2.05) is 43.3 Å². The van der Waals surface area contributed by atoms with E-state index in [9.17, 15) is 0 Å². The van der Waals surface area contributed by atoms with Crippen molar-refractivity contribution in [3.63, 3.8) is 0 Å². The Labute approximate surface area is 88.8 Å². The van der Waals surface area contributed by atoms with Gasteiger partial charge < -0.3 is 4.74 Å². The van der Waals surface area contributed by atoms with Gasteiger partial charge in [-0.25, -0.2) is 4.98 Å². The molecule has 0 bridgehead atoms. The summed E-state index contributed by atoms with van der Waals surface area (Å²) in [7, 11) is 1.61. The zero-order valence-corrected chi connectivity index (χ0v) is 8.77. The van der Waals surface area contributed by atoms with Crippen LogP contribution in [-0.4, -0.2) is 17.1 Å². The number of benzene rings is 1. The topological polar surface area (TPSA) is 35.0 Å². The fraction of sp³-hybridized carbons (Fsp3) is 0.167. The van der Waals surface area contributed by atoms with Gasteiger partial charge in [-0.05, 0) is 6.92 Å². The minimum Gasteiger partial charge on any atom is -0.481 e. The van der Waals surface area contributed by atoms with Gasteiger partial charge in [0.15, 0.2) is 0 Å². The van der Waals surface area contributed by atoms with E-state index in [-0.39, 0.29) is 0 Å². The molecular weight excluding hydrogens is 188 g/mol. The van der Waals surface area contributed by atoms with E-state index in [4.69, 9.17) is 4.74 Å². The van der Waals surface area contributed by atoms with Crippen LogP contribution in [0.3, 0.4) is 0 Å². The Morgan fingerprint density at radius 1 is 1.07 bits per heavy atom. The highest BCUT2D eigenvalue weighted by Crippen LogP contribution is 2.19. The molecule has 0 saturated heterocycles. The first-order valence-electron chi connectivity index (χ1n) is 4.74. The molecule has 1 heterocycles. The Hall–Kier alpha value is -1.90. The first-order valence-corrected chi connectivity index (χ1v) is 4.74. The molecule has 0 fully saturated rings. The first-order chi connectivity index (χ1) is 7.29. The molecule has 2 aromatic rings. The van der Waals surface area contributed by atoms with Gasteiger partial charge in [0.05, 0.1) is 12.8 Å². The molecule has 0 N–H and O–H groups in total. The van der Waals surface area contributed by atoms with Crippen molar-refractivity contribution in [2.45, 2.75) is 6.92 Å². The van der Waals surface area contributed by atoms with Gasteiger partial charge in [0.25, 0.3) is 0 Å². The predicted octanol–water partition coefficient (Wildman–Crippen LogP) is 2.46. The van der Waals surface area contributed by atoms with E-state index in [1.54, 1.807) is 7.11 Å². The van der Waals surface area contributed by atoms with Crippen LogP contribution in [0.1, 0.15) is 5.82 Å². The van der Waals surface area contributed by atoms with Crippen LogP contribution in [0.2, 0.25) is 0 Å². The van der Waals surface area contributed by atoms with Gasteiger partial charge in [0, 0.05) is 11.6 Å². The van der Waals surface area contributed by atoms with Crippen molar-refractivity contribution in [1.29, 1.82) is 0 Å². The van der Waals surface area contributed by atoms with Crippen molar-refractivity contribution < 1.29 is 4.74 Å². The minimum absolute atomic E-state index is 0.598. The number of aryl methyl sites for hydroxylation is 1. The number of aromatic nitrogens is 2. The summed E-state index contributed by atoms with van der Waals surface area (Å²) in [5.74, 6) is 1.31. The predicted molar refractivity (Wildman–Crippen MR) is 58.8 cm³/mol. The highest BCUT2D eigenvalue weighted by molar-refractivity contribution is 5.59. The van der Waals surface area contributed by atoms with Gasteiger partial charge in [-0.1, -0.05) is 30.3 Å². The standard InChI is InChI=1S/C12H12N2O/c1-9-13-11(8-12(14-9)15-2)10-6-4-3-5-7-10/h3-8H,1-2H3. The molecule has 0 aliphatic carbocycles. The van der Waals surface area contributed by atoms with Gasteiger partial charge >= 0.3 is 0 Å². The quantitative estimate of drug-likeness (QED) is 0.747. The summed E-state index contributed by atoms with van der Waals surface area (Å²) in [5.41, 5.74) is 1.96. The molecule has 0 radical (unpaired) electrons. The molecule has 0 aliphatic rings. The SMILES string of the molecule is COc1cc(-c2ccccc2)nc(C)n1. The summed E-state index contributed by atoms with van der Waals surface area (Å²) in [6.07, 6.45) is 0. The minimum atomic E-state index is 0.598. The molecule has 76 valence electrons. The van der Waals surface area contributed by atoms with Gasteiger partial charge in [0.1, 0.15) is 5.82 Å². The Balaban J connectivity index is 2.49. The van der Waals surface area contributed by atoms with E-state index >= 15 is 0 Å². The summed E-state index contributed by atoms with van der Waals surface area (Å²) in [5, 5.41) is 0. The summed E-state index contributed by atoms with van der Waals surface area (Å²) < 4.78 is 5.11. The van der Waals surface area contributed by atoms with Gasteiger partial charge in [-0.2, -0.15) is 4.98 Å². The molecule has 0 saturated carbocycles. The van der Waals surface area contributed by atoms with Gasteiger partial charge in [-0.15, -0.1) is 0 Å². The molecular formula is C12H12N2O. The number of hydrogen-bond acceptors (Lipinski definition) is 3. The Bertz CT molecular complexity index is 454. The third-order valence-corrected chi connectivity index (χ3v) is 2.09. The van der Waals surface area contributed by atoms with Crippen LogP contribution in [0.5, 0.6) is 5.88 Å². The van der Waals surface area contributed by atoms with Crippen molar-refractivity contribution >= 4 is 0 Å². The highest BCUT2D eigenvalue weighted by atomic mass is 16.5. The van der Waals surface area contributed by atoms with Gasteiger partial charge in [0.2, 0.25) is 5.88 Å². The van der Waals surface area contributed by atoms with E-state index in [0.717, 1.165) is 11.3 Å². The lowest BCUT2D eigenvalue weighted by Crippen LogP contribution is -1.95. The Kier molecular flexibility index (Phi) is 2.63. The molecule has 0 amide bonds. The van der Waals surface area contributed by atoms with Crippen molar-refractivity contribution in [3.8, 4) is 17.1 Å². The normalized spacial score (nSPS) is 10.0. The summed E-state index contributed by atoms with van der Waals surface area (Å²) in [6, 6.07) is 11.8. The molecule has 3 nitrogen and oxygen atoms in total. The van der Waals surface area contributed by atoms with Crippen molar-refractivity contribution in [2.75, 3.05) is 7.11 Å². The number of hydrogen-bond donors (Lipinski definition) is 0. The van der Waals surface area contributed by atoms with Gasteiger partial charge in [-0.3, -0.25) is 0 Å². The van der Waals surface area contributed by atoms with Crippen LogP contribution in [0.15, 0.2) is 36.4 Å². The highest BCUT2D eigenvalue weighted by Gasteiger charge is 2.03. The fourth-order valence-corrected chi connectivity index (χ4v) is 1.40. The van der Waals surface area contributed by atoms with Crippen LogP contribution in [-0.2, 0) is 0 Å². The molecule has 0 spiro atoms. The maximum absolute atomic E-state index is 5.11. The molecule has 15 heavy (non-hydrogen) atoms. The second-order valence-electron chi connectivity index (χ2n) is 3.21. The molecule has 2 rings (SSSR count). The molecule has 3 heteroatoms. The van der Waals surface area contributed by atoms with Crippen LogP contribution in [0.25, 0.3) is 11.3 Å². The maximum atomic E-state index is 5.11. The first kappa shape index (κ1) is 9.65. The second kappa shape index (κ2) is 4.09. The van der Waals surface area contributed by atoms with E-state index in [2.05, 4.69) is 9.97 Å². The molecule has 0 atom stereocenters. The molecule has 0 unspecified atom stereocenters. The Morgan fingerprint density at radius 2 is 1.80 bits per heavy atom. The molecule has 1 aromatic carbocycles. The molecule has 0 aliphatic heterocycles. The van der Waals surface area contributed by atoms with Crippen LogP contribution in [0, 0.1) is 6.92 Å². The largest absolute Gasteiger partial charge is 0.481 e.